The van der Waals surface area contributed by atoms with Crippen LogP contribution in [0.25, 0.3) is 10.9 Å². The summed E-state index contributed by atoms with van der Waals surface area (Å²) < 4.78 is 1.99. The van der Waals surface area contributed by atoms with Crippen LogP contribution >= 0.6 is 0 Å². The van der Waals surface area contributed by atoms with E-state index in [4.69, 9.17) is 10.8 Å². The van der Waals surface area contributed by atoms with Crippen LogP contribution in [0, 0.1) is 0 Å². The van der Waals surface area contributed by atoms with Crippen molar-refractivity contribution in [2.45, 2.75) is 12.5 Å². The number of carboxylic acids is 1. The first-order chi connectivity index (χ1) is 7.59. The molecule has 4 heteroatoms. The molecule has 16 heavy (non-hydrogen) atoms. The van der Waals surface area contributed by atoms with Crippen LogP contribution in [0.15, 0.2) is 30.5 Å². The van der Waals surface area contributed by atoms with E-state index in [1.807, 2.05) is 42.1 Å². The van der Waals surface area contributed by atoms with Gasteiger partial charge < -0.3 is 15.4 Å². The minimum absolute atomic E-state index is 0.358. The fraction of sp³-hybridized carbons (Fsp3) is 0.250. The van der Waals surface area contributed by atoms with Crippen molar-refractivity contribution in [1.82, 2.24) is 4.57 Å². The van der Waals surface area contributed by atoms with E-state index in [0.29, 0.717) is 6.42 Å². The van der Waals surface area contributed by atoms with Gasteiger partial charge in [0, 0.05) is 30.6 Å². The largest absolute Gasteiger partial charge is 0.480 e. The standard InChI is InChI=1S/C12H14N2O2/c1-14-7-8(6-10(13)12(15)16)9-4-2-3-5-11(9)14/h2-5,7,10H,6,13H2,1H3,(H,15,16)/t10-/m0/s1/i1-1. The van der Waals surface area contributed by atoms with Gasteiger partial charge in [-0.2, -0.15) is 0 Å². The molecule has 1 aromatic heterocycles. The first-order valence-corrected chi connectivity index (χ1v) is 5.11. The highest BCUT2D eigenvalue weighted by atomic mass is 16.4. The molecular weight excluding hydrogens is 203 g/mol. The number of nitrogens with zero attached hydrogens (tertiary/aromatic N) is 1. The van der Waals surface area contributed by atoms with Crippen LogP contribution in [-0.2, 0) is 18.3 Å². The highest BCUT2D eigenvalue weighted by Gasteiger charge is 2.15. The summed E-state index contributed by atoms with van der Waals surface area (Å²) in [5.41, 5.74) is 7.61. The number of carbonyl (C=O) groups is 1. The van der Waals surface area contributed by atoms with Gasteiger partial charge in [0.1, 0.15) is 6.04 Å². The summed E-state index contributed by atoms with van der Waals surface area (Å²) in [5, 5.41) is 9.86. The number of aliphatic carboxylic acids is 1. The van der Waals surface area contributed by atoms with Gasteiger partial charge in [-0.1, -0.05) is 18.2 Å². The van der Waals surface area contributed by atoms with Gasteiger partial charge in [-0.3, -0.25) is 4.79 Å². The second-order valence-electron chi connectivity index (χ2n) is 3.93. The molecule has 1 atom stereocenters. The molecule has 0 saturated heterocycles. The fourth-order valence-corrected chi connectivity index (χ4v) is 1.91. The van der Waals surface area contributed by atoms with Crippen LogP contribution in [0.2, 0.25) is 0 Å². The Balaban J connectivity index is 2.42. The molecule has 0 bridgehead atoms. The molecule has 0 spiro atoms. The second kappa shape index (κ2) is 3.98. The smallest absolute Gasteiger partial charge is 0.320 e. The lowest BCUT2D eigenvalue weighted by molar-refractivity contribution is -0.138. The van der Waals surface area contributed by atoms with Crippen LogP contribution < -0.4 is 5.73 Å². The van der Waals surface area contributed by atoms with E-state index in [-0.39, 0.29) is 0 Å². The molecule has 0 saturated carbocycles. The number of hydrogen-bond donors (Lipinski definition) is 2. The summed E-state index contributed by atoms with van der Waals surface area (Å²) in [5.74, 6) is -0.965. The number of nitrogens with two attached hydrogens (primary N) is 1. The molecule has 0 aliphatic carbocycles. The predicted molar refractivity (Wildman–Crippen MR) is 62.2 cm³/mol. The third-order valence-corrected chi connectivity index (χ3v) is 2.74. The molecule has 0 aliphatic heterocycles. The maximum Gasteiger partial charge on any atom is 0.320 e. The predicted octanol–water partition coefficient (Wildman–Crippen LogP) is 1.13. The number of aryl methyl sites for hydroxylation is 1. The van der Waals surface area contributed by atoms with Crippen molar-refractivity contribution >= 4 is 16.9 Å². The van der Waals surface area contributed by atoms with E-state index < -0.39 is 12.0 Å². The lowest BCUT2D eigenvalue weighted by Crippen LogP contribution is -2.32. The molecule has 0 aliphatic rings. The van der Waals surface area contributed by atoms with Crippen molar-refractivity contribution < 1.29 is 9.90 Å². The molecule has 1 heterocycles. The maximum absolute atomic E-state index is 10.7. The zero-order valence-electron chi connectivity index (χ0n) is 9.05. The number of hydrogen-bond acceptors (Lipinski definition) is 2. The number of aromatic nitrogens is 1. The molecule has 4 nitrogen and oxygen atoms in total. The Morgan fingerprint density at radius 2 is 2.19 bits per heavy atom. The molecular formula is C12H14N2O2. The normalized spacial score (nSPS) is 12.9. The Kier molecular flexibility index (Phi) is 2.66. The van der Waals surface area contributed by atoms with E-state index in [0.717, 1.165) is 16.5 Å². The Labute approximate surface area is 93.3 Å². The van der Waals surface area contributed by atoms with Gasteiger partial charge in [0.2, 0.25) is 0 Å². The summed E-state index contributed by atoms with van der Waals surface area (Å²) in [7, 11) is 1.94. The van der Waals surface area contributed by atoms with Crippen molar-refractivity contribution in [1.29, 1.82) is 0 Å². The van der Waals surface area contributed by atoms with Crippen LogP contribution in [0.4, 0.5) is 0 Å². The van der Waals surface area contributed by atoms with E-state index in [1.165, 1.54) is 0 Å². The van der Waals surface area contributed by atoms with E-state index in [2.05, 4.69) is 0 Å². The van der Waals surface area contributed by atoms with Gasteiger partial charge in [-0.25, -0.2) is 0 Å². The summed E-state index contributed by atoms with van der Waals surface area (Å²) in [6, 6.07) is 7.05. The molecule has 2 aromatic rings. The fourth-order valence-electron chi connectivity index (χ4n) is 1.91. The maximum atomic E-state index is 10.7. The Morgan fingerprint density at radius 3 is 2.88 bits per heavy atom. The quantitative estimate of drug-likeness (QED) is 0.809. The molecule has 2 rings (SSSR count). The SMILES string of the molecule is [11CH3]n1cc(C[C@H](N)C(=O)O)c2ccccc21. The van der Waals surface area contributed by atoms with Gasteiger partial charge in [0.15, 0.2) is 0 Å². The number of fused-ring (bicyclic) bond motifs is 1. The number of rotatable bonds is 3. The van der Waals surface area contributed by atoms with E-state index >= 15 is 0 Å². The van der Waals surface area contributed by atoms with Crippen LogP contribution in [0.5, 0.6) is 0 Å². The van der Waals surface area contributed by atoms with Crippen molar-refractivity contribution in [3.8, 4) is 0 Å². The average Bonchev–Trinajstić information content (AvgIpc) is 2.57. The van der Waals surface area contributed by atoms with Gasteiger partial charge in [0.05, 0.1) is 0 Å². The summed E-state index contributed by atoms with van der Waals surface area (Å²) in [6.45, 7) is 0. The summed E-state index contributed by atoms with van der Waals surface area (Å²) in [6.07, 6.45) is 2.30. The Hall–Kier alpha value is -1.81. The molecule has 0 fully saturated rings. The first kappa shape index (κ1) is 10.7. The number of benzene rings is 1. The molecule has 1 aromatic carbocycles. The van der Waals surface area contributed by atoms with Gasteiger partial charge in [0.25, 0.3) is 0 Å². The Bertz CT molecular complexity index is 531. The van der Waals surface area contributed by atoms with Crippen molar-refractivity contribution in [2.24, 2.45) is 12.8 Å². The molecule has 3 N–H and O–H groups in total. The van der Waals surface area contributed by atoms with Crippen molar-refractivity contribution in [3.63, 3.8) is 0 Å². The molecule has 0 amide bonds. The summed E-state index contributed by atoms with van der Waals surface area (Å²) >= 11 is 0. The van der Waals surface area contributed by atoms with E-state index in [1.54, 1.807) is 0 Å². The number of carboxylic acid groups (broad SMARTS) is 1. The van der Waals surface area contributed by atoms with Crippen molar-refractivity contribution in [2.75, 3.05) is 0 Å². The zero-order chi connectivity index (χ0) is 11.7. The molecule has 0 unspecified atom stereocenters. The average molecular weight is 217 g/mol. The number of para-hydroxylation sites is 1. The van der Waals surface area contributed by atoms with Gasteiger partial charge >= 0.3 is 5.97 Å². The first-order valence-electron chi connectivity index (χ1n) is 5.11. The van der Waals surface area contributed by atoms with Gasteiger partial charge in [-0.15, -0.1) is 0 Å². The summed E-state index contributed by atoms with van der Waals surface area (Å²) in [4.78, 5) is 10.7. The highest BCUT2D eigenvalue weighted by molar-refractivity contribution is 5.85. The molecule has 0 radical (unpaired) electrons. The monoisotopic (exact) mass is 217 g/mol. The van der Waals surface area contributed by atoms with Crippen molar-refractivity contribution in [3.05, 3.63) is 36.0 Å². The van der Waals surface area contributed by atoms with Gasteiger partial charge in [-0.05, 0) is 11.6 Å². The third-order valence-electron chi connectivity index (χ3n) is 2.74. The highest BCUT2D eigenvalue weighted by Crippen LogP contribution is 2.21. The lowest BCUT2D eigenvalue weighted by atomic mass is 10.1. The lowest BCUT2D eigenvalue weighted by Gasteiger charge is -2.04. The van der Waals surface area contributed by atoms with E-state index in [9.17, 15) is 4.79 Å². The van der Waals surface area contributed by atoms with Crippen LogP contribution in [-0.4, -0.2) is 21.7 Å². The minimum atomic E-state index is -0.965. The molecule has 84 valence electrons. The van der Waals surface area contributed by atoms with Crippen LogP contribution in [0.1, 0.15) is 5.56 Å². The van der Waals surface area contributed by atoms with Crippen LogP contribution in [0.3, 0.4) is 0 Å². The zero-order valence-corrected chi connectivity index (χ0v) is 9.05. The minimum Gasteiger partial charge on any atom is -0.480 e. The third kappa shape index (κ3) is 1.79. The Morgan fingerprint density at radius 1 is 1.50 bits per heavy atom. The second-order valence-corrected chi connectivity index (χ2v) is 3.93. The topological polar surface area (TPSA) is 68.2 Å².